The number of rotatable bonds is 1. The zero-order valence-corrected chi connectivity index (χ0v) is 20.3. The third-order valence-corrected chi connectivity index (χ3v) is 17.2. The minimum atomic E-state index is 0.130. The second kappa shape index (κ2) is 6.80. The van der Waals surface area contributed by atoms with E-state index in [1.165, 1.54) is 74.4 Å². The molecule has 0 aromatic rings. The fourth-order valence-electron chi connectivity index (χ4n) is 8.36. The lowest BCUT2D eigenvalue weighted by Crippen LogP contribution is -2.55. The van der Waals surface area contributed by atoms with Gasteiger partial charge in [0, 0.05) is 28.4 Å². The van der Waals surface area contributed by atoms with Crippen molar-refractivity contribution in [2.24, 2.45) is 28.6 Å². The molecule has 3 saturated carbocycles. The summed E-state index contributed by atoms with van der Waals surface area (Å²) >= 11 is 9.00. The van der Waals surface area contributed by atoms with E-state index < -0.39 is 0 Å². The van der Waals surface area contributed by atoms with Gasteiger partial charge in [-0.25, -0.2) is 0 Å². The monoisotopic (exact) mass is 454 g/mol. The van der Waals surface area contributed by atoms with Crippen LogP contribution in [0.3, 0.4) is 0 Å². The first-order chi connectivity index (χ1) is 13.6. The van der Waals surface area contributed by atoms with E-state index in [1.807, 2.05) is 0 Å². The summed E-state index contributed by atoms with van der Waals surface area (Å²) in [6, 6.07) is 0. The number of fused-ring (bicyclic) bond motifs is 6. The van der Waals surface area contributed by atoms with Crippen LogP contribution in [0.25, 0.3) is 0 Å². The molecule has 5 heteroatoms. The Labute approximate surface area is 187 Å². The maximum absolute atomic E-state index is 10.8. The Morgan fingerprint density at radius 2 is 1.61 bits per heavy atom. The molecule has 4 aliphatic carbocycles. The van der Waals surface area contributed by atoms with Crippen LogP contribution in [0.1, 0.15) is 58.3 Å². The van der Waals surface area contributed by atoms with E-state index >= 15 is 0 Å². The summed E-state index contributed by atoms with van der Waals surface area (Å²) in [5.41, 5.74) is 2.33. The minimum Gasteiger partial charge on any atom is -0.395 e. The number of thioether (sulfide) groups is 4. The van der Waals surface area contributed by atoms with Gasteiger partial charge in [0.1, 0.15) is 0 Å². The van der Waals surface area contributed by atoms with E-state index in [4.69, 9.17) is 0 Å². The standard InChI is InChI=1S/C23H34OS4/c1-20-6-4-19-17(18(20)5-7-23(20)27-12-13-28-23)3-2-16-14-22(25-10-11-26-22)9-8-21(16,19)15-24/h14,17-19,24H,2-13,15H2,1H3/t17-,18-,19-,20-,21+/m0/s1. The summed E-state index contributed by atoms with van der Waals surface area (Å²) in [5.74, 6) is 7.87. The molecule has 5 atom stereocenters. The van der Waals surface area contributed by atoms with Crippen LogP contribution in [-0.2, 0) is 0 Å². The molecule has 2 heterocycles. The molecule has 28 heavy (non-hydrogen) atoms. The Bertz CT molecular complexity index is 680. The third-order valence-electron chi connectivity index (χ3n) is 9.70. The summed E-state index contributed by atoms with van der Waals surface area (Å²) in [6.07, 6.45) is 13.5. The predicted octanol–water partition coefficient (Wildman–Crippen LogP) is 6.27. The van der Waals surface area contributed by atoms with E-state index in [0.717, 1.165) is 17.8 Å². The van der Waals surface area contributed by atoms with Crippen LogP contribution >= 0.6 is 47.0 Å². The first-order valence-corrected chi connectivity index (χ1v) is 15.4. The van der Waals surface area contributed by atoms with Gasteiger partial charge in [0.25, 0.3) is 0 Å². The molecular weight excluding hydrogens is 421 g/mol. The van der Waals surface area contributed by atoms with Crippen molar-refractivity contribution in [3.8, 4) is 0 Å². The molecule has 2 saturated heterocycles. The third kappa shape index (κ3) is 2.49. The van der Waals surface area contributed by atoms with Crippen molar-refractivity contribution in [1.29, 1.82) is 0 Å². The van der Waals surface area contributed by atoms with Gasteiger partial charge < -0.3 is 5.11 Å². The normalized spacial score (nSPS) is 48.4. The summed E-state index contributed by atoms with van der Waals surface area (Å²) in [4.78, 5) is 0. The van der Waals surface area contributed by atoms with E-state index in [0.29, 0.717) is 20.2 Å². The smallest absolute Gasteiger partial charge is 0.0795 e. The van der Waals surface area contributed by atoms with Crippen LogP contribution in [0, 0.1) is 28.6 Å². The lowest BCUT2D eigenvalue weighted by molar-refractivity contribution is -0.0645. The van der Waals surface area contributed by atoms with Crippen molar-refractivity contribution in [1.82, 2.24) is 0 Å². The minimum absolute atomic E-state index is 0.130. The molecule has 6 rings (SSSR count). The van der Waals surface area contributed by atoms with E-state index in [2.05, 4.69) is 60.0 Å². The highest BCUT2D eigenvalue weighted by molar-refractivity contribution is 8.21. The molecule has 2 aliphatic heterocycles. The Kier molecular flexibility index (Phi) is 4.80. The van der Waals surface area contributed by atoms with E-state index in [1.54, 1.807) is 5.57 Å². The fraction of sp³-hybridized carbons (Fsp3) is 0.913. The Balaban J connectivity index is 1.34. The van der Waals surface area contributed by atoms with E-state index in [-0.39, 0.29) is 5.41 Å². The molecule has 0 unspecified atom stereocenters. The average molecular weight is 455 g/mol. The highest BCUT2D eigenvalue weighted by Crippen LogP contribution is 2.74. The summed E-state index contributed by atoms with van der Waals surface area (Å²) in [6.45, 7) is 3.08. The van der Waals surface area contributed by atoms with Gasteiger partial charge in [-0.1, -0.05) is 18.6 Å². The maximum Gasteiger partial charge on any atom is 0.0795 e. The lowest BCUT2D eigenvalue weighted by atomic mass is 9.47. The molecule has 156 valence electrons. The zero-order valence-electron chi connectivity index (χ0n) is 17.1. The first kappa shape index (κ1) is 19.8. The molecule has 0 aromatic heterocycles. The van der Waals surface area contributed by atoms with Crippen molar-refractivity contribution in [3.63, 3.8) is 0 Å². The van der Waals surface area contributed by atoms with Gasteiger partial charge in [-0.05, 0) is 74.5 Å². The molecule has 2 spiro atoms. The highest BCUT2D eigenvalue weighted by Gasteiger charge is 2.66. The number of hydrogen-bond acceptors (Lipinski definition) is 5. The first-order valence-electron chi connectivity index (χ1n) is 11.5. The van der Waals surface area contributed by atoms with Crippen LogP contribution in [0.15, 0.2) is 11.6 Å². The van der Waals surface area contributed by atoms with Crippen molar-refractivity contribution >= 4 is 47.0 Å². The van der Waals surface area contributed by atoms with Gasteiger partial charge in [-0.2, -0.15) is 0 Å². The molecule has 1 N–H and O–H groups in total. The number of hydrogen-bond donors (Lipinski definition) is 1. The molecular formula is C23H34OS4. The van der Waals surface area contributed by atoms with Crippen molar-refractivity contribution in [2.45, 2.75) is 66.4 Å². The molecule has 0 bridgehead atoms. The Hall–Kier alpha value is 1.10. The van der Waals surface area contributed by atoms with Gasteiger partial charge in [0.05, 0.1) is 14.8 Å². The second-order valence-electron chi connectivity index (χ2n) is 10.4. The molecule has 6 aliphatic rings. The molecule has 5 fully saturated rings. The van der Waals surface area contributed by atoms with Crippen LogP contribution in [0.2, 0.25) is 0 Å². The quantitative estimate of drug-likeness (QED) is 0.469. The van der Waals surface area contributed by atoms with Crippen LogP contribution < -0.4 is 0 Å². The SMILES string of the molecule is C[C@]12CC[C@H]3[C@@H](CCC4=CC5(CC[C@@]43CO)SCCS5)[C@@H]1CCC21SCCS1. The van der Waals surface area contributed by atoms with Gasteiger partial charge in [0.2, 0.25) is 0 Å². The lowest BCUT2D eigenvalue weighted by Gasteiger charge is -2.60. The van der Waals surface area contributed by atoms with Crippen LogP contribution in [0.5, 0.6) is 0 Å². The molecule has 1 nitrogen and oxygen atoms in total. The topological polar surface area (TPSA) is 20.2 Å². The summed E-state index contributed by atoms with van der Waals surface area (Å²) in [7, 11) is 0. The molecule has 0 radical (unpaired) electrons. The van der Waals surface area contributed by atoms with Crippen molar-refractivity contribution in [2.75, 3.05) is 29.6 Å². The maximum atomic E-state index is 10.8. The van der Waals surface area contributed by atoms with Gasteiger partial charge in [-0.3, -0.25) is 0 Å². The van der Waals surface area contributed by atoms with Crippen LogP contribution in [-0.4, -0.2) is 42.9 Å². The summed E-state index contributed by atoms with van der Waals surface area (Å²) in [5, 5.41) is 10.8. The fourth-order valence-corrected chi connectivity index (χ4v) is 15.3. The van der Waals surface area contributed by atoms with E-state index in [9.17, 15) is 5.11 Å². The second-order valence-corrected chi connectivity index (χ2v) is 16.5. The molecule has 0 aromatic carbocycles. The Morgan fingerprint density at radius 3 is 2.36 bits per heavy atom. The highest BCUT2D eigenvalue weighted by atomic mass is 32.2. The number of aliphatic hydroxyl groups excluding tert-OH is 1. The van der Waals surface area contributed by atoms with Crippen LogP contribution in [0.4, 0.5) is 0 Å². The largest absolute Gasteiger partial charge is 0.395 e. The predicted molar refractivity (Wildman–Crippen MR) is 128 cm³/mol. The van der Waals surface area contributed by atoms with Gasteiger partial charge in [0.15, 0.2) is 0 Å². The van der Waals surface area contributed by atoms with Gasteiger partial charge >= 0.3 is 0 Å². The number of aliphatic hydroxyl groups is 1. The van der Waals surface area contributed by atoms with Gasteiger partial charge in [-0.15, -0.1) is 47.0 Å². The average Bonchev–Trinajstić information content (AvgIpc) is 3.43. The molecule has 0 amide bonds. The van der Waals surface area contributed by atoms with Crippen molar-refractivity contribution in [3.05, 3.63) is 11.6 Å². The zero-order chi connectivity index (χ0) is 19.0. The van der Waals surface area contributed by atoms with Crippen molar-refractivity contribution < 1.29 is 5.11 Å². The summed E-state index contributed by atoms with van der Waals surface area (Å²) < 4.78 is 0.886. The Morgan fingerprint density at radius 1 is 0.893 bits per heavy atom.